The van der Waals surface area contributed by atoms with Gasteiger partial charge in [0.15, 0.2) is 0 Å². The Balaban J connectivity index is 1.43. The van der Waals surface area contributed by atoms with Crippen molar-refractivity contribution < 1.29 is 8.83 Å². The van der Waals surface area contributed by atoms with Crippen molar-refractivity contribution in [3.8, 4) is 23.2 Å². The summed E-state index contributed by atoms with van der Waals surface area (Å²) in [6.45, 7) is 0. The zero-order valence-electron chi connectivity index (χ0n) is 15.3. The maximum absolute atomic E-state index is 5.68. The number of rotatable bonds is 4. The van der Waals surface area contributed by atoms with E-state index in [0.29, 0.717) is 23.2 Å². The van der Waals surface area contributed by atoms with Crippen LogP contribution in [-0.4, -0.2) is 15.0 Å². The summed E-state index contributed by atoms with van der Waals surface area (Å²) < 4.78 is 11.4. The van der Waals surface area contributed by atoms with Gasteiger partial charge >= 0.3 is 0 Å². The van der Waals surface area contributed by atoms with Crippen molar-refractivity contribution in [3.63, 3.8) is 0 Å². The quantitative estimate of drug-likeness (QED) is 0.576. The Kier molecular flexibility index (Phi) is 4.33. The van der Waals surface area contributed by atoms with Gasteiger partial charge in [0.05, 0.1) is 0 Å². The van der Waals surface area contributed by atoms with Gasteiger partial charge in [-0.25, -0.2) is 15.0 Å². The van der Waals surface area contributed by atoms with Gasteiger partial charge in [-0.15, -0.1) is 0 Å². The molecule has 3 heterocycles. The van der Waals surface area contributed by atoms with Crippen molar-refractivity contribution in [3.05, 3.63) is 78.6 Å². The number of allylic oxidation sites excluding steroid dienone is 8. The highest BCUT2D eigenvalue weighted by molar-refractivity contribution is 5.74. The van der Waals surface area contributed by atoms with Gasteiger partial charge in [-0.3, -0.25) is 0 Å². The van der Waals surface area contributed by atoms with Crippen LogP contribution in [0.4, 0.5) is 0 Å². The molecule has 0 aliphatic heterocycles. The number of oxazole rings is 2. The summed E-state index contributed by atoms with van der Waals surface area (Å²) in [6.07, 6.45) is 20.4. The molecule has 138 valence electrons. The molecule has 5 rings (SSSR count). The molecule has 0 atom stereocenters. The first kappa shape index (κ1) is 16.7. The highest BCUT2D eigenvalue weighted by Gasteiger charge is 2.15. The molecule has 2 aliphatic carbocycles. The molecule has 0 saturated carbocycles. The highest BCUT2D eigenvalue weighted by atomic mass is 16.3. The smallest absolute Gasteiger partial charge is 0.245 e. The number of pyridine rings is 1. The van der Waals surface area contributed by atoms with Crippen molar-refractivity contribution in [1.82, 2.24) is 15.0 Å². The SMILES string of the molecule is C1=CC(c2coc(-c3cccc(-c4nc(C5=CCCC=C5)co4)n3)n2)=CCC1. The van der Waals surface area contributed by atoms with E-state index < -0.39 is 0 Å². The number of hydrogen-bond donors (Lipinski definition) is 0. The van der Waals surface area contributed by atoms with Crippen molar-refractivity contribution in [1.29, 1.82) is 0 Å². The fourth-order valence-electron chi connectivity index (χ4n) is 3.33. The zero-order valence-corrected chi connectivity index (χ0v) is 15.3. The molecule has 0 bridgehead atoms. The molecule has 0 spiro atoms. The van der Waals surface area contributed by atoms with Crippen LogP contribution in [0.25, 0.3) is 34.3 Å². The molecule has 0 radical (unpaired) electrons. The summed E-state index contributed by atoms with van der Waals surface area (Å²) in [5.74, 6) is 0.975. The van der Waals surface area contributed by atoms with Crippen molar-refractivity contribution in [2.75, 3.05) is 0 Å². The molecule has 0 unspecified atom stereocenters. The molecule has 3 aromatic rings. The minimum absolute atomic E-state index is 0.487. The Morgan fingerprint density at radius 2 is 1.14 bits per heavy atom. The van der Waals surface area contributed by atoms with E-state index in [4.69, 9.17) is 8.83 Å². The third-order valence-corrected chi connectivity index (χ3v) is 4.78. The number of nitrogens with zero attached hydrogens (tertiary/aromatic N) is 3. The number of hydrogen-bond acceptors (Lipinski definition) is 5. The third kappa shape index (κ3) is 3.27. The topological polar surface area (TPSA) is 65.0 Å². The van der Waals surface area contributed by atoms with Crippen LogP contribution >= 0.6 is 0 Å². The van der Waals surface area contributed by atoms with Gasteiger partial charge in [0.1, 0.15) is 35.3 Å². The molecule has 0 amide bonds. The summed E-state index contributed by atoms with van der Waals surface area (Å²) >= 11 is 0. The Morgan fingerprint density at radius 1 is 0.607 bits per heavy atom. The Morgan fingerprint density at radius 3 is 1.61 bits per heavy atom. The fourth-order valence-corrected chi connectivity index (χ4v) is 3.33. The molecule has 0 N–H and O–H groups in total. The van der Waals surface area contributed by atoms with Crippen LogP contribution in [0.1, 0.15) is 37.1 Å². The molecule has 2 aliphatic rings. The summed E-state index contributed by atoms with van der Waals surface area (Å²) in [5.41, 5.74) is 5.13. The average Bonchev–Trinajstić information content (AvgIpc) is 3.46. The molecule has 5 nitrogen and oxygen atoms in total. The summed E-state index contributed by atoms with van der Waals surface area (Å²) in [4.78, 5) is 13.8. The van der Waals surface area contributed by atoms with Crippen molar-refractivity contribution >= 4 is 11.1 Å². The second-order valence-corrected chi connectivity index (χ2v) is 6.76. The van der Waals surface area contributed by atoms with E-state index in [2.05, 4.69) is 51.4 Å². The van der Waals surface area contributed by atoms with E-state index >= 15 is 0 Å². The van der Waals surface area contributed by atoms with Crippen LogP contribution in [0.3, 0.4) is 0 Å². The lowest BCUT2D eigenvalue weighted by atomic mass is 10.1. The van der Waals surface area contributed by atoms with Gasteiger partial charge in [0.2, 0.25) is 11.8 Å². The molecule has 3 aromatic heterocycles. The van der Waals surface area contributed by atoms with E-state index in [0.717, 1.165) is 48.2 Å². The van der Waals surface area contributed by atoms with Gasteiger partial charge in [0.25, 0.3) is 0 Å². The second kappa shape index (κ2) is 7.27. The van der Waals surface area contributed by atoms with E-state index in [-0.39, 0.29) is 0 Å². The summed E-state index contributed by atoms with van der Waals surface area (Å²) in [5, 5.41) is 0. The molecular weight excluding hydrogens is 350 g/mol. The molecular formula is C23H19N3O2. The van der Waals surface area contributed by atoms with E-state index in [1.165, 1.54) is 0 Å². The van der Waals surface area contributed by atoms with Crippen LogP contribution in [0.2, 0.25) is 0 Å². The second-order valence-electron chi connectivity index (χ2n) is 6.76. The molecule has 5 heteroatoms. The maximum atomic E-state index is 5.68. The van der Waals surface area contributed by atoms with Gasteiger partial charge in [-0.2, -0.15) is 0 Å². The first-order chi connectivity index (χ1) is 13.9. The molecule has 0 fully saturated rings. The molecule has 0 aromatic carbocycles. The van der Waals surface area contributed by atoms with E-state index in [9.17, 15) is 0 Å². The van der Waals surface area contributed by atoms with Crippen molar-refractivity contribution in [2.24, 2.45) is 0 Å². The minimum atomic E-state index is 0.487. The Hall–Kier alpha value is -3.47. The first-order valence-electron chi connectivity index (χ1n) is 9.50. The van der Waals surface area contributed by atoms with Gasteiger partial charge < -0.3 is 8.83 Å². The van der Waals surface area contributed by atoms with E-state index in [1.54, 1.807) is 12.5 Å². The lowest BCUT2D eigenvalue weighted by Crippen LogP contribution is -1.90. The van der Waals surface area contributed by atoms with Crippen LogP contribution < -0.4 is 0 Å². The monoisotopic (exact) mass is 369 g/mol. The van der Waals surface area contributed by atoms with Crippen LogP contribution in [0.5, 0.6) is 0 Å². The van der Waals surface area contributed by atoms with E-state index in [1.807, 2.05) is 18.2 Å². The van der Waals surface area contributed by atoms with Crippen LogP contribution in [0.15, 0.2) is 76.0 Å². The van der Waals surface area contributed by atoms with Gasteiger partial charge in [-0.1, -0.05) is 42.5 Å². The Labute approximate surface area is 162 Å². The predicted molar refractivity (Wildman–Crippen MR) is 108 cm³/mol. The molecule has 28 heavy (non-hydrogen) atoms. The maximum Gasteiger partial charge on any atom is 0.245 e. The minimum Gasteiger partial charge on any atom is -0.443 e. The largest absolute Gasteiger partial charge is 0.443 e. The lowest BCUT2D eigenvalue weighted by Gasteiger charge is -2.02. The van der Waals surface area contributed by atoms with Crippen LogP contribution in [-0.2, 0) is 0 Å². The highest BCUT2D eigenvalue weighted by Crippen LogP contribution is 2.27. The first-order valence-corrected chi connectivity index (χ1v) is 9.50. The van der Waals surface area contributed by atoms with Gasteiger partial charge in [0, 0.05) is 0 Å². The zero-order chi connectivity index (χ0) is 18.8. The lowest BCUT2D eigenvalue weighted by molar-refractivity contribution is 0.567. The van der Waals surface area contributed by atoms with Gasteiger partial charge in [-0.05, 0) is 49.0 Å². The fraction of sp³-hybridized carbons (Fsp3) is 0.174. The van der Waals surface area contributed by atoms with Crippen molar-refractivity contribution in [2.45, 2.75) is 25.7 Å². The predicted octanol–water partition coefficient (Wildman–Crippen LogP) is 5.86. The summed E-state index contributed by atoms with van der Waals surface area (Å²) in [6, 6.07) is 5.66. The third-order valence-electron chi connectivity index (χ3n) is 4.78. The Bertz CT molecular complexity index is 1040. The normalized spacial score (nSPS) is 16.1. The molecule has 0 saturated heterocycles. The van der Waals surface area contributed by atoms with Crippen LogP contribution in [0, 0.1) is 0 Å². The number of aromatic nitrogens is 3. The summed E-state index contributed by atoms with van der Waals surface area (Å²) in [7, 11) is 0. The average molecular weight is 369 g/mol. The standard InChI is InChI=1S/C23H19N3O2/c1-3-8-16(9-4-1)20-14-27-22(25-20)18-12-7-13-19(24-18)23-26-21(15-28-23)17-10-5-2-6-11-17/h3,5,7-15H,1-2,4,6H2.